The molecule has 22 heteroatoms. The Balaban J connectivity index is 1.14. The lowest BCUT2D eigenvalue weighted by Gasteiger charge is -2.22. The Hall–Kier alpha value is -1.59. The summed E-state index contributed by atoms with van der Waals surface area (Å²) in [5.74, 6) is 0.911. The number of aromatic nitrogens is 8. The highest BCUT2D eigenvalue weighted by atomic mass is 32.7. The fourth-order valence-corrected chi connectivity index (χ4v) is 8.50. The topological polar surface area (TPSA) is 212 Å². The van der Waals surface area contributed by atoms with Crippen LogP contribution >= 0.6 is 47.6 Å². The molecule has 2 fully saturated rings. The number of nitrogens with one attached hydrogen (secondary N) is 1. The lowest BCUT2D eigenvalue weighted by molar-refractivity contribution is -0.0397. The molecule has 2 aliphatic heterocycles. The number of ether oxygens (including phenoxy) is 2. The van der Waals surface area contributed by atoms with Crippen LogP contribution in [-0.4, -0.2) is 98.3 Å². The van der Waals surface area contributed by atoms with Crippen molar-refractivity contribution in [3.05, 3.63) is 25.3 Å². The van der Waals surface area contributed by atoms with Gasteiger partial charge in [-0.3, -0.25) is 9.13 Å². The van der Waals surface area contributed by atoms with Gasteiger partial charge in [-0.2, -0.15) is 13.9 Å². The Morgan fingerprint density at radius 2 is 1.72 bits per heavy atom. The van der Waals surface area contributed by atoms with Crippen LogP contribution in [0.25, 0.3) is 22.3 Å². The number of fused-ring (bicyclic) bond motifs is 2. The van der Waals surface area contributed by atoms with Crippen LogP contribution in [-0.2, 0) is 23.0 Å². The summed E-state index contributed by atoms with van der Waals surface area (Å²) in [5, 5.41) is 3.28. The summed E-state index contributed by atoms with van der Waals surface area (Å²) in [5.41, 5.74) is 8.23. The van der Waals surface area contributed by atoms with Gasteiger partial charge in [-0.1, -0.05) is 12.2 Å². The highest BCUT2D eigenvalue weighted by Gasteiger charge is 2.52. The van der Waals surface area contributed by atoms with Crippen LogP contribution in [0.15, 0.2) is 25.3 Å². The highest BCUT2D eigenvalue weighted by Crippen LogP contribution is 2.69. The van der Waals surface area contributed by atoms with E-state index in [4.69, 9.17) is 28.8 Å². The lowest BCUT2D eigenvalue weighted by Crippen LogP contribution is -2.29. The zero-order chi connectivity index (χ0) is 32.6. The van der Waals surface area contributed by atoms with Crippen molar-refractivity contribution in [3.63, 3.8) is 0 Å². The van der Waals surface area contributed by atoms with Gasteiger partial charge in [0, 0.05) is 30.8 Å². The number of nitrogen functional groups attached to an aromatic ring is 1. The molecule has 3 unspecified atom stereocenters. The average molecular weight is 734 g/mol. The highest BCUT2D eigenvalue weighted by molar-refractivity contribution is 8.57. The molecule has 4 aromatic heterocycles. The predicted molar refractivity (Wildman–Crippen MR) is 182 cm³/mol. The molecule has 0 amide bonds. The van der Waals surface area contributed by atoms with E-state index in [2.05, 4.69) is 56.7 Å². The monoisotopic (exact) mass is 733 g/mol. The summed E-state index contributed by atoms with van der Waals surface area (Å²) in [6, 6.07) is 0.148. The van der Waals surface area contributed by atoms with E-state index in [-0.39, 0.29) is 37.2 Å². The van der Waals surface area contributed by atoms with Crippen LogP contribution in [0.3, 0.4) is 0 Å². The minimum Gasteiger partial charge on any atom is -0.382 e. The standard InChI is InChI=1S/C24H36N10O7P3S2/c1-12(2)32-22-20-24(29-9-27-22)33(11-31-20)17-4-13(14(39-17)6-37-43(35)45)41-44(36,46-3)38-7-15-16(42)5-18(40-15)34-10-30-19-21(25)26-8-28-23(19)34/h8-18,35-36,45H,4-7,42H2,1-3H3,(H2,25,26,28)(H,27,29,32)/q+1/t13-,14+,15+,16-,17+,18+,43?,44?/m0/s1. The van der Waals surface area contributed by atoms with E-state index in [1.54, 1.807) is 23.5 Å². The number of nitrogens with two attached hydrogens (primary N) is 1. The van der Waals surface area contributed by atoms with Crippen molar-refractivity contribution < 1.29 is 32.8 Å². The van der Waals surface area contributed by atoms with Crippen LogP contribution < -0.4 is 11.1 Å². The smallest absolute Gasteiger partial charge is 0.382 e. The second-order valence-corrected chi connectivity index (χ2v) is 17.9. The zero-order valence-electron chi connectivity index (χ0n) is 25.1. The quantitative estimate of drug-likeness (QED) is 0.0983. The molecule has 0 aromatic carbocycles. The first kappa shape index (κ1) is 34.3. The van der Waals surface area contributed by atoms with Crippen LogP contribution in [0.2, 0.25) is 0 Å². The zero-order valence-corrected chi connectivity index (χ0v) is 29.8. The molecule has 0 aliphatic carbocycles. The van der Waals surface area contributed by atoms with E-state index in [1.165, 1.54) is 12.7 Å². The molecule has 0 radical (unpaired) electrons. The second kappa shape index (κ2) is 14.5. The SMILES string of the molecule is CS[P+](O)(OC[C@H]1O[C@@H](n2cnc3c(N)ncnc32)C[C@@H]1P)O[C@H]1C[C@H](n2cnc3c(NC(C)C)ncnc32)O[C@@H]1COP(O)S. The van der Waals surface area contributed by atoms with Crippen molar-refractivity contribution in [2.75, 3.05) is 30.5 Å². The van der Waals surface area contributed by atoms with Gasteiger partial charge in [0.1, 0.15) is 60.8 Å². The molecule has 5 N–H and O–H groups in total. The maximum atomic E-state index is 11.6. The second-order valence-electron chi connectivity index (χ2n) is 11.0. The summed E-state index contributed by atoms with van der Waals surface area (Å²) in [4.78, 5) is 47.2. The van der Waals surface area contributed by atoms with E-state index in [0.29, 0.717) is 46.8 Å². The summed E-state index contributed by atoms with van der Waals surface area (Å²) < 4.78 is 34.0. The lowest BCUT2D eigenvalue weighted by atomic mass is 10.2. The number of rotatable bonds is 13. The molecule has 6 heterocycles. The van der Waals surface area contributed by atoms with Crippen LogP contribution in [0.4, 0.5) is 11.6 Å². The molecule has 46 heavy (non-hydrogen) atoms. The largest absolute Gasteiger partial charge is 0.478 e. The van der Waals surface area contributed by atoms with E-state index >= 15 is 0 Å². The minimum absolute atomic E-state index is 0.0167. The number of anilines is 2. The molecule has 6 rings (SSSR count). The van der Waals surface area contributed by atoms with Gasteiger partial charge in [0.05, 0.1) is 25.4 Å². The molecule has 0 spiro atoms. The van der Waals surface area contributed by atoms with Gasteiger partial charge in [0.15, 0.2) is 28.4 Å². The van der Waals surface area contributed by atoms with Gasteiger partial charge in [0.25, 0.3) is 0 Å². The maximum absolute atomic E-state index is 11.6. The van der Waals surface area contributed by atoms with E-state index in [1.807, 2.05) is 18.4 Å². The van der Waals surface area contributed by atoms with Gasteiger partial charge in [-0.15, -0.1) is 9.24 Å². The number of imidazole rings is 2. The first-order chi connectivity index (χ1) is 22.0. The van der Waals surface area contributed by atoms with E-state index in [9.17, 15) is 9.79 Å². The number of thiol groups is 1. The van der Waals surface area contributed by atoms with E-state index in [0.717, 1.165) is 11.4 Å². The fourth-order valence-electron chi connectivity index (χ4n) is 5.34. The molecule has 0 bridgehead atoms. The molecule has 4 aromatic rings. The van der Waals surface area contributed by atoms with Crippen molar-refractivity contribution in [1.29, 1.82) is 0 Å². The van der Waals surface area contributed by atoms with Crippen molar-refractivity contribution in [1.82, 2.24) is 39.0 Å². The molecule has 9 atom stereocenters. The fraction of sp³-hybridized carbons (Fsp3) is 0.583. The first-order valence-corrected chi connectivity index (χ1v) is 20.7. The van der Waals surface area contributed by atoms with Gasteiger partial charge in [-0.25, -0.2) is 29.9 Å². The molecule has 2 saturated heterocycles. The van der Waals surface area contributed by atoms with Gasteiger partial charge in [-0.05, 0) is 13.8 Å². The number of hydrogen-bond donors (Lipinski definition) is 5. The summed E-state index contributed by atoms with van der Waals surface area (Å²) in [6.07, 6.45) is 6.22. The maximum Gasteiger partial charge on any atom is 0.478 e. The van der Waals surface area contributed by atoms with Crippen LogP contribution in [0.5, 0.6) is 0 Å². The third-order valence-electron chi connectivity index (χ3n) is 7.51. The van der Waals surface area contributed by atoms with Crippen molar-refractivity contribution in [2.24, 2.45) is 0 Å². The Kier molecular flexibility index (Phi) is 10.8. The summed E-state index contributed by atoms with van der Waals surface area (Å²) >= 11 is 5.07. The summed E-state index contributed by atoms with van der Waals surface area (Å²) in [7, 11) is -2.62. The predicted octanol–water partition coefficient (Wildman–Crippen LogP) is 3.49. The number of hydrogen-bond acceptors (Lipinski definition) is 17. The van der Waals surface area contributed by atoms with Gasteiger partial charge >= 0.3 is 7.15 Å². The van der Waals surface area contributed by atoms with E-state index < -0.39 is 33.2 Å². The third-order valence-corrected chi connectivity index (χ3v) is 12.4. The van der Waals surface area contributed by atoms with Crippen molar-refractivity contribution in [3.8, 4) is 0 Å². The van der Waals surface area contributed by atoms with Crippen molar-refractivity contribution in [2.45, 2.75) is 69.2 Å². The summed E-state index contributed by atoms with van der Waals surface area (Å²) in [6.45, 7) is 4.08. The molecule has 2 aliphatic rings. The molecule has 0 saturated carbocycles. The van der Waals surface area contributed by atoms with Crippen LogP contribution in [0, 0.1) is 0 Å². The average Bonchev–Trinajstić information content (AvgIpc) is 3.80. The van der Waals surface area contributed by atoms with Crippen molar-refractivity contribution >= 4 is 81.6 Å². The Labute approximate surface area is 277 Å². The number of nitrogens with zero attached hydrogens (tertiary/aromatic N) is 8. The molecule has 250 valence electrons. The first-order valence-electron chi connectivity index (χ1n) is 14.3. The van der Waals surface area contributed by atoms with Gasteiger partial charge in [0.2, 0.25) is 7.58 Å². The van der Waals surface area contributed by atoms with Crippen LogP contribution in [0.1, 0.15) is 39.1 Å². The minimum atomic E-state index is -3.47. The molecule has 17 nitrogen and oxygen atoms in total. The Morgan fingerprint density at radius 1 is 1.07 bits per heavy atom. The molecular formula is C24H36N10O7P3S2+. The third kappa shape index (κ3) is 7.36. The Morgan fingerprint density at radius 3 is 2.41 bits per heavy atom. The molecular weight excluding hydrogens is 697 g/mol. The van der Waals surface area contributed by atoms with Gasteiger partial charge < -0.3 is 29.9 Å². The normalized spacial score (nSPS) is 27.1. The Bertz CT molecular complexity index is 1660.